The minimum absolute atomic E-state index is 0.0384. The van der Waals surface area contributed by atoms with E-state index < -0.39 is 10.5 Å². The maximum Gasteiger partial charge on any atom is 0.270 e. The third-order valence-electron chi connectivity index (χ3n) is 3.64. The average molecular weight is 296 g/mol. The molecule has 0 bridgehead atoms. The normalized spacial score (nSPS) is 11.4. The molecule has 0 radical (unpaired) electrons. The predicted molar refractivity (Wildman–Crippen MR) is 81.5 cm³/mol. The Morgan fingerprint density at radius 1 is 1.33 bits per heavy atom. The molecule has 0 spiro atoms. The number of rotatable bonds is 9. The molecule has 1 aromatic rings. The fraction of sp³-hybridized carbons (Fsp3) is 0.600. The van der Waals surface area contributed by atoms with Gasteiger partial charge in [0.25, 0.3) is 5.69 Å². The van der Waals surface area contributed by atoms with Gasteiger partial charge in [-0.3, -0.25) is 10.1 Å². The summed E-state index contributed by atoms with van der Waals surface area (Å²) in [5, 5.41) is 24.2. The molecule has 0 heterocycles. The van der Waals surface area contributed by atoms with E-state index in [-0.39, 0.29) is 5.69 Å². The first-order chi connectivity index (χ1) is 9.95. The quantitative estimate of drug-likeness (QED) is 0.540. The molecule has 0 aliphatic heterocycles. The van der Waals surface area contributed by atoms with Crippen molar-refractivity contribution in [2.75, 3.05) is 13.2 Å². The highest BCUT2D eigenvalue weighted by atomic mass is 16.6. The second-order valence-electron chi connectivity index (χ2n) is 5.02. The van der Waals surface area contributed by atoms with Crippen LogP contribution in [0.2, 0.25) is 0 Å². The summed E-state index contributed by atoms with van der Waals surface area (Å²) >= 11 is 0. The zero-order chi connectivity index (χ0) is 15.9. The van der Waals surface area contributed by atoms with E-state index in [2.05, 4.69) is 5.32 Å². The third-order valence-corrected chi connectivity index (χ3v) is 3.64. The van der Waals surface area contributed by atoms with Gasteiger partial charge in [-0.25, -0.2) is 0 Å². The molecule has 21 heavy (non-hydrogen) atoms. The van der Waals surface area contributed by atoms with Gasteiger partial charge >= 0.3 is 0 Å². The molecule has 6 nitrogen and oxygen atoms in total. The highest BCUT2D eigenvalue weighted by molar-refractivity contribution is 5.43. The molecule has 0 aliphatic rings. The number of hydrogen-bond acceptors (Lipinski definition) is 5. The van der Waals surface area contributed by atoms with E-state index in [1.807, 2.05) is 20.8 Å². The topological polar surface area (TPSA) is 84.6 Å². The molecule has 0 fully saturated rings. The second-order valence-corrected chi connectivity index (χ2v) is 5.02. The molecule has 0 unspecified atom stereocenters. The van der Waals surface area contributed by atoms with Crippen molar-refractivity contribution in [3.63, 3.8) is 0 Å². The number of nitrogens with zero attached hydrogens (tertiary/aromatic N) is 1. The second kappa shape index (κ2) is 7.95. The van der Waals surface area contributed by atoms with Gasteiger partial charge in [-0.05, 0) is 25.8 Å². The Kier molecular flexibility index (Phi) is 6.58. The van der Waals surface area contributed by atoms with Crippen LogP contribution >= 0.6 is 0 Å². The van der Waals surface area contributed by atoms with Gasteiger partial charge < -0.3 is 15.2 Å². The maximum atomic E-state index is 10.9. The fourth-order valence-corrected chi connectivity index (χ4v) is 2.04. The van der Waals surface area contributed by atoms with E-state index in [9.17, 15) is 15.2 Å². The van der Waals surface area contributed by atoms with E-state index in [1.54, 1.807) is 6.07 Å². The van der Waals surface area contributed by atoms with Crippen LogP contribution in [-0.4, -0.2) is 28.8 Å². The Bertz CT molecular complexity index is 473. The molecule has 118 valence electrons. The highest BCUT2D eigenvalue weighted by Crippen LogP contribution is 2.24. The lowest BCUT2D eigenvalue weighted by molar-refractivity contribution is -0.384. The van der Waals surface area contributed by atoms with Crippen molar-refractivity contribution in [3.05, 3.63) is 33.9 Å². The molecule has 1 aromatic carbocycles. The van der Waals surface area contributed by atoms with Crippen LogP contribution in [0, 0.1) is 10.1 Å². The summed E-state index contributed by atoms with van der Waals surface area (Å²) in [6.45, 7) is 7.09. The fourth-order valence-electron chi connectivity index (χ4n) is 2.04. The first kappa shape index (κ1) is 17.4. The highest BCUT2D eigenvalue weighted by Gasteiger charge is 2.21. The standard InChI is InChI=1S/C15H24N2O4/c1-4-15(18,5-2)11-16-10-12-9-13(17(19)20)7-8-14(12)21-6-3/h7-9,16,18H,4-6,10-11H2,1-3H3. The van der Waals surface area contributed by atoms with Gasteiger partial charge in [0.2, 0.25) is 0 Å². The summed E-state index contributed by atoms with van der Waals surface area (Å²) in [6.07, 6.45) is 1.31. The van der Waals surface area contributed by atoms with E-state index in [0.29, 0.717) is 38.3 Å². The molecule has 6 heteroatoms. The molecule has 1 rings (SSSR count). The molecule has 0 saturated heterocycles. The molecule has 0 amide bonds. The van der Waals surface area contributed by atoms with Gasteiger partial charge in [0.1, 0.15) is 5.75 Å². The number of ether oxygens (including phenoxy) is 1. The van der Waals surface area contributed by atoms with Crippen molar-refractivity contribution < 1.29 is 14.8 Å². The summed E-state index contributed by atoms with van der Waals surface area (Å²) in [5.41, 5.74) is 0.0176. The first-order valence-corrected chi connectivity index (χ1v) is 7.29. The van der Waals surface area contributed by atoms with Crippen LogP contribution in [-0.2, 0) is 6.54 Å². The lowest BCUT2D eigenvalue weighted by atomic mass is 9.97. The minimum Gasteiger partial charge on any atom is -0.494 e. The van der Waals surface area contributed by atoms with Crippen molar-refractivity contribution >= 4 is 5.69 Å². The van der Waals surface area contributed by atoms with Crippen molar-refractivity contribution in [1.82, 2.24) is 5.32 Å². The van der Waals surface area contributed by atoms with Gasteiger partial charge in [0.15, 0.2) is 0 Å². The van der Waals surface area contributed by atoms with Crippen LogP contribution in [0.1, 0.15) is 39.2 Å². The summed E-state index contributed by atoms with van der Waals surface area (Å²) in [4.78, 5) is 10.4. The Hall–Kier alpha value is -1.66. The zero-order valence-electron chi connectivity index (χ0n) is 12.9. The van der Waals surface area contributed by atoms with Crippen LogP contribution in [0.3, 0.4) is 0 Å². The van der Waals surface area contributed by atoms with Crippen LogP contribution in [0.25, 0.3) is 0 Å². The summed E-state index contributed by atoms with van der Waals surface area (Å²) < 4.78 is 5.48. The smallest absolute Gasteiger partial charge is 0.270 e. The number of aliphatic hydroxyl groups is 1. The number of nitro groups is 1. The van der Waals surface area contributed by atoms with Crippen LogP contribution < -0.4 is 10.1 Å². The van der Waals surface area contributed by atoms with Gasteiger partial charge in [0, 0.05) is 30.8 Å². The summed E-state index contributed by atoms with van der Waals surface area (Å²) in [5.74, 6) is 0.632. The van der Waals surface area contributed by atoms with Gasteiger partial charge in [-0.15, -0.1) is 0 Å². The predicted octanol–water partition coefficient (Wildman–Crippen LogP) is 2.63. The molecular weight excluding hydrogens is 272 g/mol. The number of benzene rings is 1. The SMILES string of the molecule is CCOc1ccc([N+](=O)[O-])cc1CNCC(O)(CC)CC. The summed E-state index contributed by atoms with van der Waals surface area (Å²) in [7, 11) is 0. The Morgan fingerprint density at radius 3 is 2.52 bits per heavy atom. The molecule has 0 aliphatic carbocycles. The van der Waals surface area contributed by atoms with Gasteiger partial charge in [0.05, 0.1) is 17.1 Å². The molecule has 0 saturated carbocycles. The lowest BCUT2D eigenvalue weighted by Gasteiger charge is -2.25. The third kappa shape index (κ3) is 4.99. The van der Waals surface area contributed by atoms with Crippen molar-refractivity contribution in [2.24, 2.45) is 0 Å². The Morgan fingerprint density at radius 2 is 2.00 bits per heavy atom. The number of non-ortho nitro benzene ring substituents is 1. The number of nitro benzene ring substituents is 1. The van der Waals surface area contributed by atoms with Crippen LogP contribution in [0.5, 0.6) is 5.75 Å². The van der Waals surface area contributed by atoms with E-state index in [0.717, 1.165) is 5.56 Å². The van der Waals surface area contributed by atoms with Gasteiger partial charge in [-0.2, -0.15) is 0 Å². The van der Waals surface area contributed by atoms with E-state index >= 15 is 0 Å². The van der Waals surface area contributed by atoms with Crippen molar-refractivity contribution in [1.29, 1.82) is 0 Å². The lowest BCUT2D eigenvalue weighted by Crippen LogP contribution is -2.39. The summed E-state index contributed by atoms with van der Waals surface area (Å²) in [6, 6.07) is 4.56. The van der Waals surface area contributed by atoms with Gasteiger partial charge in [-0.1, -0.05) is 13.8 Å². The Labute approximate surface area is 125 Å². The molecule has 0 aromatic heterocycles. The van der Waals surface area contributed by atoms with Crippen LogP contribution in [0.4, 0.5) is 5.69 Å². The minimum atomic E-state index is -0.744. The first-order valence-electron chi connectivity index (χ1n) is 7.29. The monoisotopic (exact) mass is 296 g/mol. The van der Waals surface area contributed by atoms with Crippen molar-refractivity contribution in [3.8, 4) is 5.75 Å². The number of nitrogens with one attached hydrogen (secondary N) is 1. The average Bonchev–Trinajstić information content (AvgIpc) is 2.48. The zero-order valence-corrected chi connectivity index (χ0v) is 12.9. The van der Waals surface area contributed by atoms with E-state index in [1.165, 1.54) is 12.1 Å². The molecule has 0 atom stereocenters. The largest absolute Gasteiger partial charge is 0.494 e. The van der Waals surface area contributed by atoms with Crippen molar-refractivity contribution in [2.45, 2.75) is 45.8 Å². The number of hydrogen-bond donors (Lipinski definition) is 2. The Balaban J connectivity index is 2.80. The van der Waals surface area contributed by atoms with E-state index in [4.69, 9.17) is 4.74 Å². The molecular formula is C15H24N2O4. The molecule has 2 N–H and O–H groups in total. The maximum absolute atomic E-state index is 10.9. The van der Waals surface area contributed by atoms with Crippen LogP contribution in [0.15, 0.2) is 18.2 Å².